The lowest BCUT2D eigenvalue weighted by Gasteiger charge is -2.19. The van der Waals surface area contributed by atoms with Gasteiger partial charge in [-0.2, -0.15) is 0 Å². The van der Waals surface area contributed by atoms with Crippen LogP contribution in [0.1, 0.15) is 36.5 Å². The lowest BCUT2D eigenvalue weighted by Crippen LogP contribution is -2.49. The second kappa shape index (κ2) is 14.4. The van der Waals surface area contributed by atoms with E-state index in [1.807, 2.05) is 61.5 Å². The summed E-state index contributed by atoms with van der Waals surface area (Å²) in [4.78, 5) is 39.3. The van der Waals surface area contributed by atoms with Crippen LogP contribution >= 0.6 is 0 Å². The second-order valence-electron chi connectivity index (χ2n) is 9.10. The van der Waals surface area contributed by atoms with Crippen LogP contribution in [0.15, 0.2) is 78.4 Å². The van der Waals surface area contributed by atoms with Crippen LogP contribution in [0, 0.1) is 0 Å². The minimum Gasteiger partial charge on any atom is -0.504 e. The molecule has 3 aromatic carbocycles. The molecule has 8 heteroatoms. The second-order valence-corrected chi connectivity index (χ2v) is 9.10. The lowest BCUT2D eigenvalue weighted by atomic mass is 10.00. The van der Waals surface area contributed by atoms with Crippen LogP contribution in [0.5, 0.6) is 17.2 Å². The van der Waals surface area contributed by atoms with Gasteiger partial charge in [0.2, 0.25) is 11.7 Å². The van der Waals surface area contributed by atoms with E-state index in [-0.39, 0.29) is 24.5 Å². The third-order valence-electron chi connectivity index (χ3n) is 6.14. The van der Waals surface area contributed by atoms with Gasteiger partial charge in [0.05, 0.1) is 7.11 Å². The van der Waals surface area contributed by atoms with E-state index in [0.29, 0.717) is 30.4 Å². The number of rotatable bonds is 13. The van der Waals surface area contributed by atoms with Crippen molar-refractivity contribution in [3.63, 3.8) is 0 Å². The number of hydrogen-bond acceptors (Lipinski definition) is 6. The van der Waals surface area contributed by atoms with Gasteiger partial charge in [0.1, 0.15) is 11.8 Å². The van der Waals surface area contributed by atoms with Gasteiger partial charge in [-0.15, -0.1) is 0 Å². The molecule has 0 aliphatic rings. The van der Waals surface area contributed by atoms with Gasteiger partial charge in [-0.05, 0) is 59.9 Å². The number of phenols is 2. The summed E-state index contributed by atoms with van der Waals surface area (Å²) in [5.41, 5.74) is 2.68. The summed E-state index contributed by atoms with van der Waals surface area (Å²) in [6.07, 6.45) is 3.34. The monoisotopic (exact) mass is 530 g/mol. The molecule has 0 aliphatic carbocycles. The van der Waals surface area contributed by atoms with Crippen LogP contribution in [-0.2, 0) is 27.2 Å². The molecule has 8 nitrogen and oxygen atoms in total. The molecule has 0 aliphatic heterocycles. The SMILES string of the molecule is CCCC(=Cc1ccc(O)c(O)c1)C(=O)NC(Cc1ccccc1)C(=O)C(=O)NCCc1ccc(OC)cc1. The van der Waals surface area contributed by atoms with Crippen molar-refractivity contribution in [3.05, 3.63) is 95.1 Å². The van der Waals surface area contributed by atoms with Crippen molar-refractivity contribution in [3.8, 4) is 17.2 Å². The zero-order valence-electron chi connectivity index (χ0n) is 22.1. The van der Waals surface area contributed by atoms with Gasteiger partial charge in [-0.1, -0.05) is 61.9 Å². The molecule has 0 fully saturated rings. The first-order valence-electron chi connectivity index (χ1n) is 12.8. The largest absolute Gasteiger partial charge is 0.504 e. The Bertz CT molecular complexity index is 1300. The highest BCUT2D eigenvalue weighted by molar-refractivity contribution is 6.38. The number of benzene rings is 3. The highest BCUT2D eigenvalue weighted by atomic mass is 16.5. The zero-order chi connectivity index (χ0) is 28.2. The lowest BCUT2D eigenvalue weighted by molar-refractivity contribution is -0.139. The van der Waals surface area contributed by atoms with E-state index in [0.717, 1.165) is 16.9 Å². The van der Waals surface area contributed by atoms with E-state index in [1.54, 1.807) is 19.3 Å². The molecule has 4 N–H and O–H groups in total. The fraction of sp³-hybridized carbons (Fsp3) is 0.258. The van der Waals surface area contributed by atoms with E-state index in [4.69, 9.17) is 4.74 Å². The Balaban J connectivity index is 1.73. The maximum absolute atomic E-state index is 13.3. The molecular formula is C31H34N2O6. The fourth-order valence-electron chi connectivity index (χ4n) is 4.02. The standard InChI is InChI=1S/C31H34N2O6/c1-3-7-24(18-23-12-15-27(34)28(35)20-23)30(37)33-26(19-22-8-5-4-6-9-22)29(36)31(38)32-17-16-21-10-13-25(39-2)14-11-21/h4-6,8-15,18,20,26,34-35H,3,7,16-17,19H2,1-2H3,(H,32,38)(H,33,37). The van der Waals surface area contributed by atoms with Gasteiger partial charge < -0.3 is 25.6 Å². The Labute approximate surface area is 228 Å². The number of aromatic hydroxyl groups is 2. The normalized spacial score (nSPS) is 11.9. The molecule has 204 valence electrons. The molecule has 3 rings (SSSR count). The van der Waals surface area contributed by atoms with Crippen LogP contribution in [0.2, 0.25) is 0 Å². The average molecular weight is 531 g/mol. The quantitative estimate of drug-likeness (QED) is 0.151. The minimum absolute atomic E-state index is 0.150. The number of ketones is 1. The highest BCUT2D eigenvalue weighted by Gasteiger charge is 2.28. The van der Waals surface area contributed by atoms with Gasteiger partial charge in [-0.25, -0.2) is 0 Å². The Hall–Kier alpha value is -4.59. The maximum atomic E-state index is 13.3. The van der Waals surface area contributed by atoms with Crippen LogP contribution in [0.3, 0.4) is 0 Å². The molecule has 0 heterocycles. The summed E-state index contributed by atoms with van der Waals surface area (Å²) in [7, 11) is 1.59. The number of carbonyl (C=O) groups excluding carboxylic acids is 3. The van der Waals surface area contributed by atoms with Crippen molar-refractivity contribution in [1.29, 1.82) is 0 Å². The molecule has 0 radical (unpaired) electrons. The number of phenolic OH excluding ortho intramolecular Hbond substituents is 2. The topological polar surface area (TPSA) is 125 Å². The number of ether oxygens (including phenoxy) is 1. The van der Waals surface area contributed by atoms with Crippen molar-refractivity contribution in [2.75, 3.05) is 13.7 Å². The number of nitrogens with one attached hydrogen (secondary N) is 2. The number of methoxy groups -OCH3 is 1. The van der Waals surface area contributed by atoms with Gasteiger partial charge in [0.15, 0.2) is 11.5 Å². The molecular weight excluding hydrogens is 496 g/mol. The maximum Gasteiger partial charge on any atom is 0.289 e. The number of amides is 2. The van der Waals surface area contributed by atoms with Crippen molar-refractivity contribution >= 4 is 23.7 Å². The Kier molecular flexibility index (Phi) is 10.7. The molecule has 0 aromatic heterocycles. The first-order chi connectivity index (χ1) is 18.8. The minimum atomic E-state index is -1.07. The van der Waals surface area contributed by atoms with Crippen LogP contribution < -0.4 is 15.4 Å². The summed E-state index contributed by atoms with van der Waals surface area (Å²) in [5, 5.41) is 24.8. The first-order valence-corrected chi connectivity index (χ1v) is 12.8. The van der Waals surface area contributed by atoms with E-state index in [1.165, 1.54) is 12.1 Å². The summed E-state index contributed by atoms with van der Waals surface area (Å²) in [6.45, 7) is 2.17. The average Bonchev–Trinajstić information content (AvgIpc) is 2.94. The van der Waals surface area contributed by atoms with Crippen molar-refractivity contribution in [1.82, 2.24) is 10.6 Å². The number of carbonyl (C=O) groups is 3. The van der Waals surface area contributed by atoms with Crippen LogP contribution in [-0.4, -0.2) is 47.5 Å². The Morgan fingerprint density at radius 3 is 2.26 bits per heavy atom. The first kappa shape index (κ1) is 29.0. The number of Topliss-reactive ketones (excluding diaryl/α,β-unsaturated/α-hetero) is 1. The van der Waals surface area contributed by atoms with Crippen LogP contribution in [0.25, 0.3) is 6.08 Å². The van der Waals surface area contributed by atoms with Crippen molar-refractivity contribution in [2.45, 2.75) is 38.6 Å². The summed E-state index contributed by atoms with van der Waals surface area (Å²) < 4.78 is 5.15. The van der Waals surface area contributed by atoms with E-state index >= 15 is 0 Å². The Morgan fingerprint density at radius 2 is 1.62 bits per heavy atom. The van der Waals surface area contributed by atoms with E-state index < -0.39 is 23.6 Å². The van der Waals surface area contributed by atoms with Gasteiger partial charge in [0.25, 0.3) is 5.91 Å². The molecule has 1 atom stereocenters. The number of hydrogen-bond donors (Lipinski definition) is 4. The highest BCUT2D eigenvalue weighted by Crippen LogP contribution is 2.26. The predicted octanol–water partition coefficient (Wildman–Crippen LogP) is 3.95. The molecule has 0 spiro atoms. The van der Waals surface area contributed by atoms with Gasteiger partial charge in [0, 0.05) is 18.5 Å². The summed E-state index contributed by atoms with van der Waals surface area (Å²) in [6, 6.07) is 19.8. The van der Waals surface area contributed by atoms with Crippen molar-refractivity contribution in [2.24, 2.45) is 0 Å². The molecule has 1 unspecified atom stereocenters. The zero-order valence-corrected chi connectivity index (χ0v) is 22.1. The Morgan fingerprint density at radius 1 is 0.897 bits per heavy atom. The third-order valence-corrected chi connectivity index (χ3v) is 6.14. The van der Waals surface area contributed by atoms with E-state index in [9.17, 15) is 24.6 Å². The smallest absolute Gasteiger partial charge is 0.289 e. The van der Waals surface area contributed by atoms with E-state index in [2.05, 4.69) is 10.6 Å². The molecule has 0 bridgehead atoms. The van der Waals surface area contributed by atoms with Crippen molar-refractivity contribution < 1.29 is 29.3 Å². The van der Waals surface area contributed by atoms with Crippen LogP contribution in [0.4, 0.5) is 0 Å². The fourth-order valence-corrected chi connectivity index (χ4v) is 4.02. The molecule has 0 saturated heterocycles. The molecule has 39 heavy (non-hydrogen) atoms. The molecule has 0 saturated carbocycles. The molecule has 3 aromatic rings. The third kappa shape index (κ3) is 8.74. The predicted molar refractivity (Wildman–Crippen MR) is 149 cm³/mol. The summed E-state index contributed by atoms with van der Waals surface area (Å²) in [5.74, 6) is -1.82. The summed E-state index contributed by atoms with van der Waals surface area (Å²) >= 11 is 0. The molecule has 2 amide bonds. The van der Waals surface area contributed by atoms with Gasteiger partial charge in [-0.3, -0.25) is 14.4 Å². The van der Waals surface area contributed by atoms with Gasteiger partial charge >= 0.3 is 0 Å².